The van der Waals surface area contributed by atoms with Gasteiger partial charge in [0.2, 0.25) is 5.91 Å². The molecule has 2 rings (SSSR count). The molecule has 110 valence electrons. The Morgan fingerprint density at radius 3 is 3.35 bits per heavy atom. The molecule has 0 bridgehead atoms. The fraction of sp³-hybridized carbons (Fsp3) is 0.600. The summed E-state index contributed by atoms with van der Waals surface area (Å²) in [5, 5.41) is 3.10. The molecule has 0 unspecified atom stereocenters. The second-order valence-corrected chi connectivity index (χ2v) is 5.22. The Bertz CT molecular complexity index is 468. The van der Waals surface area contributed by atoms with Crippen LogP contribution in [0.15, 0.2) is 18.9 Å². The van der Waals surface area contributed by atoms with E-state index >= 15 is 0 Å². The second-order valence-electron chi connectivity index (χ2n) is 5.22. The molecule has 5 nitrogen and oxygen atoms in total. The molecule has 0 fully saturated rings. The molecule has 1 aromatic heterocycles. The third-order valence-electron chi connectivity index (χ3n) is 3.41. The van der Waals surface area contributed by atoms with Crippen molar-refractivity contribution < 1.29 is 9.53 Å². The molecular weight excluding hydrogens is 254 g/mol. The molecule has 5 heteroatoms. The van der Waals surface area contributed by atoms with Crippen molar-refractivity contribution in [1.82, 2.24) is 14.9 Å². The number of carbonyl (C=O) groups is 1. The van der Waals surface area contributed by atoms with Crippen LogP contribution in [-0.4, -0.2) is 34.7 Å². The average molecular weight is 277 g/mol. The molecule has 1 aliphatic heterocycles. The van der Waals surface area contributed by atoms with Gasteiger partial charge in [-0.2, -0.15) is 0 Å². The summed E-state index contributed by atoms with van der Waals surface area (Å²) >= 11 is 0. The predicted molar refractivity (Wildman–Crippen MR) is 77.5 cm³/mol. The highest BCUT2D eigenvalue weighted by molar-refractivity contribution is 5.76. The maximum Gasteiger partial charge on any atom is 0.220 e. The Morgan fingerprint density at radius 2 is 2.55 bits per heavy atom. The Hall–Kier alpha value is -1.62. The van der Waals surface area contributed by atoms with Gasteiger partial charge in [-0.25, -0.2) is 4.98 Å². The van der Waals surface area contributed by atoms with E-state index in [0.717, 1.165) is 37.3 Å². The van der Waals surface area contributed by atoms with E-state index in [-0.39, 0.29) is 11.9 Å². The van der Waals surface area contributed by atoms with Gasteiger partial charge in [-0.15, -0.1) is 6.58 Å². The molecule has 0 aliphatic carbocycles. The Labute approximate surface area is 120 Å². The monoisotopic (exact) mass is 277 g/mol. The summed E-state index contributed by atoms with van der Waals surface area (Å²) in [6.07, 6.45) is 6.94. The van der Waals surface area contributed by atoms with E-state index in [1.165, 1.54) is 0 Å². The van der Waals surface area contributed by atoms with Gasteiger partial charge >= 0.3 is 0 Å². The van der Waals surface area contributed by atoms with E-state index < -0.39 is 0 Å². The topological polar surface area (TPSA) is 56.1 Å². The molecule has 20 heavy (non-hydrogen) atoms. The summed E-state index contributed by atoms with van der Waals surface area (Å²) in [6, 6.07) is 0.220. The molecule has 1 aliphatic rings. The highest BCUT2D eigenvalue weighted by Gasteiger charge is 2.20. The van der Waals surface area contributed by atoms with Gasteiger partial charge in [0.25, 0.3) is 0 Å². The van der Waals surface area contributed by atoms with E-state index in [9.17, 15) is 4.79 Å². The lowest BCUT2D eigenvalue weighted by Crippen LogP contribution is -2.40. The number of aromatic nitrogens is 2. The minimum atomic E-state index is 0.109. The molecule has 0 radical (unpaired) electrons. The van der Waals surface area contributed by atoms with Gasteiger partial charge in [0.15, 0.2) is 0 Å². The normalized spacial score (nSPS) is 17.6. The molecule has 0 aromatic carbocycles. The zero-order valence-corrected chi connectivity index (χ0v) is 12.1. The number of hydrogen-bond acceptors (Lipinski definition) is 3. The van der Waals surface area contributed by atoms with Crippen LogP contribution in [0.25, 0.3) is 0 Å². The molecule has 1 aromatic rings. The number of amides is 1. The molecule has 1 N–H and O–H groups in total. The van der Waals surface area contributed by atoms with Crippen LogP contribution in [0.2, 0.25) is 0 Å². The zero-order chi connectivity index (χ0) is 14.4. The van der Waals surface area contributed by atoms with Crippen LogP contribution in [0.5, 0.6) is 0 Å². The van der Waals surface area contributed by atoms with Crippen LogP contribution in [0.1, 0.15) is 30.8 Å². The van der Waals surface area contributed by atoms with Crippen LogP contribution >= 0.6 is 0 Å². The van der Waals surface area contributed by atoms with Crippen LogP contribution < -0.4 is 5.32 Å². The number of rotatable bonds is 7. The molecular formula is C15H23N3O2. The highest BCUT2D eigenvalue weighted by Crippen LogP contribution is 2.15. The third-order valence-corrected chi connectivity index (χ3v) is 3.41. The SMILES string of the molecule is C=CCOCCCC(=O)N[C@@H]1CCc2nc(C)cn2C1. The number of imidazole rings is 1. The number of aryl methyl sites for hydroxylation is 2. The average Bonchev–Trinajstić information content (AvgIpc) is 2.78. The van der Waals surface area contributed by atoms with E-state index in [1.54, 1.807) is 6.08 Å². The summed E-state index contributed by atoms with van der Waals surface area (Å²) in [5.41, 5.74) is 1.05. The van der Waals surface area contributed by atoms with E-state index in [1.807, 2.05) is 6.92 Å². The molecule has 1 atom stereocenters. The number of carbonyl (C=O) groups excluding carboxylic acids is 1. The lowest BCUT2D eigenvalue weighted by Gasteiger charge is -2.24. The fourth-order valence-electron chi connectivity index (χ4n) is 2.51. The van der Waals surface area contributed by atoms with E-state index in [4.69, 9.17) is 4.74 Å². The van der Waals surface area contributed by atoms with Crippen molar-refractivity contribution in [3.05, 3.63) is 30.4 Å². The number of fused-ring (bicyclic) bond motifs is 1. The molecule has 0 saturated heterocycles. The van der Waals surface area contributed by atoms with Crippen LogP contribution in [0, 0.1) is 6.92 Å². The van der Waals surface area contributed by atoms with E-state index in [2.05, 4.69) is 27.6 Å². The number of hydrogen-bond donors (Lipinski definition) is 1. The highest BCUT2D eigenvalue weighted by atomic mass is 16.5. The quantitative estimate of drug-likeness (QED) is 0.608. The summed E-state index contributed by atoms with van der Waals surface area (Å²) in [7, 11) is 0. The van der Waals surface area contributed by atoms with Crippen molar-refractivity contribution in [3.63, 3.8) is 0 Å². The maximum absolute atomic E-state index is 11.8. The molecule has 1 amide bonds. The van der Waals surface area contributed by atoms with Gasteiger partial charge in [0.1, 0.15) is 5.82 Å². The second kappa shape index (κ2) is 7.24. The first-order valence-corrected chi connectivity index (χ1v) is 7.19. The Kier molecular flexibility index (Phi) is 5.35. The van der Waals surface area contributed by atoms with Crippen molar-refractivity contribution in [2.75, 3.05) is 13.2 Å². The van der Waals surface area contributed by atoms with Gasteiger partial charge < -0.3 is 14.6 Å². The van der Waals surface area contributed by atoms with Gasteiger partial charge in [-0.1, -0.05) is 6.08 Å². The smallest absolute Gasteiger partial charge is 0.220 e. The standard InChI is InChI=1S/C15H23N3O2/c1-3-8-20-9-4-5-15(19)17-13-6-7-14-16-12(2)10-18(14)11-13/h3,10,13H,1,4-9,11H2,2H3,(H,17,19)/t13-/m1/s1. The van der Waals surface area contributed by atoms with Gasteiger partial charge in [-0.05, 0) is 19.8 Å². The predicted octanol–water partition coefficient (Wildman–Crippen LogP) is 1.61. The molecule has 0 saturated carbocycles. The summed E-state index contributed by atoms with van der Waals surface area (Å²) in [4.78, 5) is 16.3. The lowest BCUT2D eigenvalue weighted by atomic mass is 10.1. The fourth-order valence-corrected chi connectivity index (χ4v) is 2.51. The minimum Gasteiger partial charge on any atom is -0.377 e. The van der Waals surface area contributed by atoms with E-state index in [0.29, 0.717) is 19.6 Å². The van der Waals surface area contributed by atoms with Crippen molar-refractivity contribution in [3.8, 4) is 0 Å². The first-order chi connectivity index (χ1) is 9.69. The third kappa shape index (κ3) is 4.20. The minimum absolute atomic E-state index is 0.109. The van der Waals surface area contributed by atoms with Crippen molar-refractivity contribution in [2.24, 2.45) is 0 Å². The number of nitrogens with one attached hydrogen (secondary N) is 1. The molecule has 0 spiro atoms. The van der Waals surface area contributed by atoms with Crippen molar-refractivity contribution in [2.45, 2.75) is 45.2 Å². The van der Waals surface area contributed by atoms with Gasteiger partial charge in [0, 0.05) is 38.2 Å². The largest absolute Gasteiger partial charge is 0.377 e. The van der Waals surface area contributed by atoms with Crippen LogP contribution in [0.3, 0.4) is 0 Å². The first-order valence-electron chi connectivity index (χ1n) is 7.19. The zero-order valence-electron chi connectivity index (χ0n) is 12.1. The Morgan fingerprint density at radius 1 is 1.70 bits per heavy atom. The van der Waals surface area contributed by atoms with Crippen molar-refractivity contribution in [1.29, 1.82) is 0 Å². The first kappa shape index (κ1) is 14.8. The number of nitrogens with zero attached hydrogens (tertiary/aromatic N) is 2. The van der Waals surface area contributed by atoms with Crippen molar-refractivity contribution >= 4 is 5.91 Å². The maximum atomic E-state index is 11.8. The summed E-state index contributed by atoms with van der Waals surface area (Å²) < 4.78 is 7.41. The molecule has 2 heterocycles. The number of ether oxygens (including phenoxy) is 1. The van der Waals surface area contributed by atoms with Gasteiger partial charge in [-0.3, -0.25) is 4.79 Å². The summed E-state index contributed by atoms with van der Waals surface area (Å²) in [5.74, 6) is 1.24. The summed E-state index contributed by atoms with van der Waals surface area (Å²) in [6.45, 7) is 7.56. The van der Waals surface area contributed by atoms with Crippen LogP contribution in [0.4, 0.5) is 0 Å². The lowest BCUT2D eigenvalue weighted by molar-refractivity contribution is -0.122. The Balaban J connectivity index is 1.69. The van der Waals surface area contributed by atoms with Gasteiger partial charge in [0.05, 0.1) is 12.3 Å². The van der Waals surface area contributed by atoms with Crippen LogP contribution in [-0.2, 0) is 22.5 Å².